The van der Waals surface area contributed by atoms with E-state index >= 15 is 0 Å². The number of amides is 1. The topological polar surface area (TPSA) is 75.6 Å². The molecule has 1 atom stereocenters. The van der Waals surface area contributed by atoms with E-state index < -0.39 is 6.04 Å². The van der Waals surface area contributed by atoms with Crippen molar-refractivity contribution in [1.82, 2.24) is 14.3 Å². The van der Waals surface area contributed by atoms with Gasteiger partial charge < -0.3 is 9.88 Å². The van der Waals surface area contributed by atoms with Crippen molar-refractivity contribution in [2.24, 2.45) is 0 Å². The van der Waals surface area contributed by atoms with Crippen molar-refractivity contribution in [1.29, 1.82) is 5.26 Å². The summed E-state index contributed by atoms with van der Waals surface area (Å²) in [7, 11) is 0. The summed E-state index contributed by atoms with van der Waals surface area (Å²) in [5.74, 6) is 0.455. The molecule has 0 saturated heterocycles. The fraction of sp³-hybridized carbons (Fsp3) is 0.471. The SMILES string of the molecule is Cc1cc(C)n([C@@H](C)C(=O)Nc2cc(C#N)cn2C(C)(C)C)n1. The Balaban J connectivity index is 2.29. The standard InChI is InChI=1S/C17H23N5O/c1-11-7-12(2)22(20-11)13(3)16(23)19-15-8-14(9-18)10-21(15)17(4,5)6/h7-8,10,13H,1-6H3,(H,19,23)/t13-/m0/s1. The zero-order valence-corrected chi connectivity index (χ0v) is 14.5. The summed E-state index contributed by atoms with van der Waals surface area (Å²) in [5, 5.41) is 16.4. The molecule has 0 aliphatic rings. The molecule has 0 aliphatic heterocycles. The first kappa shape index (κ1) is 16.8. The van der Waals surface area contributed by atoms with Gasteiger partial charge in [-0.25, -0.2) is 0 Å². The van der Waals surface area contributed by atoms with Crippen LogP contribution in [0.2, 0.25) is 0 Å². The molecule has 122 valence electrons. The lowest BCUT2D eigenvalue weighted by molar-refractivity contribution is -0.119. The molecular formula is C17H23N5O. The number of hydrogen-bond acceptors (Lipinski definition) is 3. The number of nitrogens with one attached hydrogen (secondary N) is 1. The highest BCUT2D eigenvalue weighted by atomic mass is 16.2. The molecule has 23 heavy (non-hydrogen) atoms. The molecule has 0 aromatic carbocycles. The first-order valence-corrected chi connectivity index (χ1v) is 7.60. The van der Waals surface area contributed by atoms with Crippen molar-refractivity contribution in [2.75, 3.05) is 5.32 Å². The lowest BCUT2D eigenvalue weighted by Gasteiger charge is -2.25. The maximum atomic E-state index is 12.6. The number of anilines is 1. The van der Waals surface area contributed by atoms with Crippen LogP contribution in [0.4, 0.5) is 5.82 Å². The second-order valence-electron chi connectivity index (χ2n) is 6.80. The number of hydrogen-bond donors (Lipinski definition) is 1. The van der Waals surface area contributed by atoms with E-state index in [0.717, 1.165) is 11.4 Å². The van der Waals surface area contributed by atoms with Crippen LogP contribution in [-0.4, -0.2) is 20.3 Å². The van der Waals surface area contributed by atoms with E-state index in [2.05, 4.69) is 16.5 Å². The lowest BCUT2D eigenvalue weighted by atomic mass is 10.1. The summed E-state index contributed by atoms with van der Waals surface area (Å²) >= 11 is 0. The average Bonchev–Trinajstić information content (AvgIpc) is 3.00. The molecule has 2 heterocycles. The normalized spacial score (nSPS) is 12.7. The van der Waals surface area contributed by atoms with E-state index in [4.69, 9.17) is 5.26 Å². The van der Waals surface area contributed by atoms with E-state index in [1.807, 2.05) is 52.2 Å². The van der Waals surface area contributed by atoms with Crippen LogP contribution in [0.1, 0.15) is 50.7 Å². The predicted octanol–water partition coefficient (Wildman–Crippen LogP) is 3.13. The van der Waals surface area contributed by atoms with Crippen molar-refractivity contribution >= 4 is 11.7 Å². The first-order chi connectivity index (χ1) is 10.6. The molecule has 6 heteroatoms. The molecule has 6 nitrogen and oxygen atoms in total. The molecule has 0 saturated carbocycles. The molecule has 0 unspecified atom stereocenters. The Morgan fingerprint density at radius 3 is 2.48 bits per heavy atom. The van der Waals surface area contributed by atoms with Crippen molar-refractivity contribution in [3.8, 4) is 6.07 Å². The van der Waals surface area contributed by atoms with Gasteiger partial charge in [-0.3, -0.25) is 9.48 Å². The quantitative estimate of drug-likeness (QED) is 0.946. The van der Waals surface area contributed by atoms with E-state index in [-0.39, 0.29) is 11.4 Å². The third-order valence-corrected chi connectivity index (χ3v) is 3.71. The van der Waals surface area contributed by atoms with Crippen LogP contribution in [0.3, 0.4) is 0 Å². The minimum Gasteiger partial charge on any atom is -0.328 e. The number of carbonyl (C=O) groups is 1. The molecule has 0 fully saturated rings. The highest BCUT2D eigenvalue weighted by Gasteiger charge is 2.23. The van der Waals surface area contributed by atoms with Gasteiger partial charge in [0.05, 0.1) is 11.3 Å². The fourth-order valence-electron chi connectivity index (χ4n) is 2.56. The highest BCUT2D eigenvalue weighted by Crippen LogP contribution is 2.25. The Morgan fingerprint density at radius 2 is 2.00 bits per heavy atom. The zero-order valence-electron chi connectivity index (χ0n) is 14.5. The molecule has 0 spiro atoms. The molecular weight excluding hydrogens is 290 g/mol. The molecule has 0 bridgehead atoms. The van der Waals surface area contributed by atoms with Crippen LogP contribution in [0.25, 0.3) is 0 Å². The fourth-order valence-corrected chi connectivity index (χ4v) is 2.56. The number of aromatic nitrogens is 3. The minimum atomic E-state index is -0.433. The number of nitriles is 1. The Morgan fingerprint density at radius 1 is 1.35 bits per heavy atom. The molecule has 2 rings (SSSR count). The van der Waals surface area contributed by atoms with Crippen LogP contribution in [0, 0.1) is 25.2 Å². The van der Waals surface area contributed by atoms with Gasteiger partial charge >= 0.3 is 0 Å². The smallest absolute Gasteiger partial charge is 0.250 e. The van der Waals surface area contributed by atoms with Crippen molar-refractivity contribution < 1.29 is 4.79 Å². The predicted molar refractivity (Wildman–Crippen MR) is 89.2 cm³/mol. The van der Waals surface area contributed by atoms with E-state index in [9.17, 15) is 4.79 Å². The maximum absolute atomic E-state index is 12.6. The Hall–Kier alpha value is -2.55. The van der Waals surface area contributed by atoms with Crippen LogP contribution in [0.5, 0.6) is 0 Å². The number of rotatable bonds is 3. The van der Waals surface area contributed by atoms with Crippen molar-refractivity contribution in [3.05, 3.63) is 35.3 Å². The molecule has 1 amide bonds. The Bertz CT molecular complexity index is 770. The second kappa shape index (κ2) is 5.92. The number of aryl methyl sites for hydroxylation is 2. The Labute approximate surface area is 136 Å². The van der Waals surface area contributed by atoms with E-state index in [0.29, 0.717) is 11.4 Å². The highest BCUT2D eigenvalue weighted by molar-refractivity contribution is 5.93. The van der Waals surface area contributed by atoms with Crippen molar-refractivity contribution in [3.63, 3.8) is 0 Å². The van der Waals surface area contributed by atoms with Gasteiger partial charge in [-0.05, 0) is 53.7 Å². The summed E-state index contributed by atoms with van der Waals surface area (Å²) in [4.78, 5) is 12.6. The van der Waals surface area contributed by atoms with Crippen LogP contribution >= 0.6 is 0 Å². The van der Waals surface area contributed by atoms with Crippen LogP contribution in [-0.2, 0) is 10.3 Å². The summed E-state index contributed by atoms with van der Waals surface area (Å²) in [5.41, 5.74) is 2.11. The molecule has 2 aromatic heterocycles. The van der Waals surface area contributed by atoms with Gasteiger partial charge in [0.15, 0.2) is 0 Å². The van der Waals surface area contributed by atoms with E-state index in [1.54, 1.807) is 16.9 Å². The first-order valence-electron chi connectivity index (χ1n) is 7.60. The monoisotopic (exact) mass is 313 g/mol. The number of nitrogens with zero attached hydrogens (tertiary/aromatic N) is 4. The minimum absolute atomic E-state index is 0.163. The second-order valence-corrected chi connectivity index (χ2v) is 6.80. The van der Waals surface area contributed by atoms with Gasteiger partial charge in [0.1, 0.15) is 17.9 Å². The lowest BCUT2D eigenvalue weighted by Crippen LogP contribution is -2.29. The Kier molecular flexibility index (Phi) is 4.33. The van der Waals surface area contributed by atoms with Gasteiger partial charge in [0.2, 0.25) is 5.91 Å². The van der Waals surface area contributed by atoms with Crippen LogP contribution in [0.15, 0.2) is 18.3 Å². The largest absolute Gasteiger partial charge is 0.328 e. The molecule has 2 aromatic rings. The molecule has 0 radical (unpaired) electrons. The number of carbonyl (C=O) groups excluding carboxylic acids is 1. The molecule has 1 N–H and O–H groups in total. The summed E-state index contributed by atoms with van der Waals surface area (Å²) in [6.45, 7) is 11.7. The zero-order chi connectivity index (χ0) is 17.4. The summed E-state index contributed by atoms with van der Waals surface area (Å²) < 4.78 is 3.61. The van der Waals surface area contributed by atoms with Gasteiger partial charge in [0.25, 0.3) is 0 Å². The third-order valence-electron chi connectivity index (χ3n) is 3.71. The van der Waals surface area contributed by atoms with Gasteiger partial charge in [-0.1, -0.05) is 0 Å². The molecule has 0 aliphatic carbocycles. The summed E-state index contributed by atoms with van der Waals surface area (Å²) in [6, 6.07) is 5.32. The van der Waals surface area contributed by atoms with Gasteiger partial charge in [-0.2, -0.15) is 10.4 Å². The third kappa shape index (κ3) is 3.45. The summed E-state index contributed by atoms with van der Waals surface area (Å²) in [6.07, 6.45) is 1.75. The van der Waals surface area contributed by atoms with Gasteiger partial charge in [0, 0.05) is 17.4 Å². The average molecular weight is 313 g/mol. The maximum Gasteiger partial charge on any atom is 0.250 e. The van der Waals surface area contributed by atoms with Crippen molar-refractivity contribution in [2.45, 2.75) is 53.1 Å². The van der Waals surface area contributed by atoms with E-state index in [1.165, 1.54) is 0 Å². The van der Waals surface area contributed by atoms with Crippen LogP contribution < -0.4 is 5.32 Å². The van der Waals surface area contributed by atoms with Gasteiger partial charge in [-0.15, -0.1) is 0 Å².